The summed E-state index contributed by atoms with van der Waals surface area (Å²) in [4.78, 5) is 24.1. The fraction of sp³-hybridized carbons (Fsp3) is 0.136. The Bertz CT molecular complexity index is 1200. The fourth-order valence-corrected chi connectivity index (χ4v) is 3.41. The zero-order valence-corrected chi connectivity index (χ0v) is 15.4. The number of H-pyrrole nitrogens is 1. The number of hydrogen-bond donors (Lipinski definition) is 1. The van der Waals surface area contributed by atoms with Crippen LogP contribution in [0.25, 0.3) is 11.0 Å². The van der Waals surface area contributed by atoms with E-state index in [0.717, 1.165) is 12.1 Å². The van der Waals surface area contributed by atoms with E-state index in [-0.39, 0.29) is 17.9 Å². The molecule has 0 radical (unpaired) electrons. The number of Topliss-reactive ketones (excluding diaryl/α,β-unsaturated/α-hetero) is 1. The molecular weight excluding hydrogens is 398 g/mol. The molecule has 3 aromatic heterocycles. The molecule has 152 valence electrons. The molecule has 0 aliphatic carbocycles. The molecule has 4 aromatic rings. The van der Waals surface area contributed by atoms with Gasteiger partial charge in [-0.15, -0.1) is 0 Å². The van der Waals surface area contributed by atoms with E-state index in [1.165, 1.54) is 36.7 Å². The number of pyridine rings is 2. The Kier molecular flexibility index (Phi) is 5.07. The van der Waals surface area contributed by atoms with Gasteiger partial charge in [0.25, 0.3) is 0 Å². The molecule has 3 heterocycles. The minimum atomic E-state index is -4.49. The summed E-state index contributed by atoms with van der Waals surface area (Å²) in [5, 5.41) is 0.621. The molecule has 8 heteroatoms. The first-order valence-electron chi connectivity index (χ1n) is 9.07. The molecule has 1 N–H and O–H groups in total. The van der Waals surface area contributed by atoms with Crippen LogP contribution in [-0.4, -0.2) is 20.7 Å². The molecule has 4 nitrogen and oxygen atoms in total. The predicted octanol–water partition coefficient (Wildman–Crippen LogP) is 5.52. The number of alkyl halides is 3. The topological polar surface area (TPSA) is 58.6 Å². The van der Waals surface area contributed by atoms with Crippen molar-refractivity contribution in [3.63, 3.8) is 0 Å². The lowest BCUT2D eigenvalue weighted by molar-refractivity contribution is -0.137. The first-order valence-corrected chi connectivity index (χ1v) is 9.07. The number of nitrogens with zero attached hydrogens (tertiary/aromatic N) is 2. The molecular formula is C22H15F4N3O. The minimum absolute atomic E-state index is 0.00331. The number of aromatic amines is 1. The van der Waals surface area contributed by atoms with Gasteiger partial charge in [0.05, 0.1) is 11.3 Å². The van der Waals surface area contributed by atoms with Gasteiger partial charge in [-0.25, -0.2) is 9.37 Å². The number of nitrogens with one attached hydrogen (secondary N) is 1. The van der Waals surface area contributed by atoms with Crippen LogP contribution in [0.5, 0.6) is 0 Å². The fourth-order valence-electron chi connectivity index (χ4n) is 3.41. The number of halogens is 4. The predicted molar refractivity (Wildman–Crippen MR) is 103 cm³/mol. The van der Waals surface area contributed by atoms with Gasteiger partial charge in [-0.1, -0.05) is 12.1 Å². The molecule has 0 saturated heterocycles. The first kappa shape index (κ1) is 19.8. The third-order valence-corrected chi connectivity index (χ3v) is 4.90. The second-order valence-corrected chi connectivity index (χ2v) is 6.77. The van der Waals surface area contributed by atoms with Gasteiger partial charge >= 0.3 is 6.18 Å². The number of carbonyl (C=O) groups excluding carboxylic acids is 1. The van der Waals surface area contributed by atoms with Crippen LogP contribution < -0.4 is 0 Å². The monoisotopic (exact) mass is 413 g/mol. The molecule has 0 amide bonds. The van der Waals surface area contributed by atoms with Crippen molar-refractivity contribution in [2.24, 2.45) is 0 Å². The lowest BCUT2D eigenvalue weighted by Gasteiger charge is -2.18. The van der Waals surface area contributed by atoms with E-state index in [2.05, 4.69) is 15.0 Å². The summed E-state index contributed by atoms with van der Waals surface area (Å²) < 4.78 is 53.2. The van der Waals surface area contributed by atoms with Crippen LogP contribution in [0.1, 0.15) is 39.5 Å². The standard InChI is InChI=1S/C22H15F4N3O/c23-18-4-2-9-27-20(18)16(13-5-7-14(8-6-13)22(24,25)26)11-19(30)17-12-29-21-15(17)3-1-10-28-21/h1-10,12,16H,11H2,(H,28,29)/t16-/m0/s1. The number of rotatable bonds is 5. The first-order chi connectivity index (χ1) is 14.3. The Labute approximate surface area is 168 Å². The van der Waals surface area contributed by atoms with E-state index in [9.17, 15) is 22.4 Å². The van der Waals surface area contributed by atoms with E-state index in [1.807, 2.05) is 0 Å². The Hall–Kier alpha value is -3.55. The van der Waals surface area contributed by atoms with Crippen molar-refractivity contribution in [2.45, 2.75) is 18.5 Å². The summed E-state index contributed by atoms with van der Waals surface area (Å²) in [5.74, 6) is -1.78. The zero-order valence-electron chi connectivity index (χ0n) is 15.4. The maximum Gasteiger partial charge on any atom is 0.416 e. The van der Waals surface area contributed by atoms with Gasteiger partial charge in [0.1, 0.15) is 11.5 Å². The zero-order chi connectivity index (χ0) is 21.3. The van der Waals surface area contributed by atoms with Crippen molar-refractivity contribution in [1.82, 2.24) is 15.0 Å². The molecule has 0 saturated carbocycles. The van der Waals surface area contributed by atoms with Crippen molar-refractivity contribution in [3.05, 3.63) is 95.3 Å². The van der Waals surface area contributed by atoms with Gasteiger partial charge < -0.3 is 4.98 Å². The quantitative estimate of drug-likeness (QED) is 0.346. The molecule has 0 spiro atoms. The van der Waals surface area contributed by atoms with E-state index >= 15 is 0 Å². The van der Waals surface area contributed by atoms with Crippen molar-refractivity contribution in [3.8, 4) is 0 Å². The molecule has 0 fully saturated rings. The summed E-state index contributed by atoms with van der Waals surface area (Å²) in [6.07, 6.45) is -0.159. The van der Waals surface area contributed by atoms with Crippen molar-refractivity contribution in [1.29, 1.82) is 0 Å². The van der Waals surface area contributed by atoms with Gasteiger partial charge in [0, 0.05) is 41.9 Å². The number of fused-ring (bicyclic) bond motifs is 1. The highest BCUT2D eigenvalue weighted by molar-refractivity contribution is 6.07. The largest absolute Gasteiger partial charge is 0.416 e. The summed E-state index contributed by atoms with van der Waals surface area (Å²) in [7, 11) is 0. The van der Waals surface area contributed by atoms with Crippen molar-refractivity contribution >= 4 is 16.8 Å². The smallest absolute Gasteiger partial charge is 0.345 e. The number of ketones is 1. The second-order valence-electron chi connectivity index (χ2n) is 6.77. The highest BCUT2D eigenvalue weighted by Crippen LogP contribution is 2.34. The maximum absolute atomic E-state index is 14.5. The van der Waals surface area contributed by atoms with Crippen LogP contribution in [0.15, 0.2) is 67.1 Å². The number of hydrogen-bond acceptors (Lipinski definition) is 3. The van der Waals surface area contributed by atoms with Crippen LogP contribution in [0, 0.1) is 5.82 Å². The Morgan fingerprint density at radius 3 is 2.40 bits per heavy atom. The molecule has 30 heavy (non-hydrogen) atoms. The molecule has 4 rings (SSSR count). The summed E-state index contributed by atoms with van der Waals surface area (Å²) in [6.45, 7) is 0. The average molecular weight is 413 g/mol. The van der Waals surface area contributed by atoms with E-state index in [1.54, 1.807) is 18.3 Å². The third-order valence-electron chi connectivity index (χ3n) is 4.90. The number of carbonyl (C=O) groups is 1. The lowest BCUT2D eigenvalue weighted by atomic mass is 9.88. The Morgan fingerprint density at radius 2 is 1.70 bits per heavy atom. The lowest BCUT2D eigenvalue weighted by Crippen LogP contribution is -2.13. The van der Waals surface area contributed by atoms with Crippen LogP contribution in [0.4, 0.5) is 17.6 Å². The maximum atomic E-state index is 14.5. The second kappa shape index (κ2) is 7.70. The molecule has 0 aliphatic rings. The van der Waals surface area contributed by atoms with Crippen LogP contribution in [0.2, 0.25) is 0 Å². The van der Waals surface area contributed by atoms with Gasteiger partial charge in [0.15, 0.2) is 5.78 Å². The number of aromatic nitrogens is 3. The molecule has 0 bridgehead atoms. The van der Waals surface area contributed by atoms with Crippen LogP contribution in [0.3, 0.4) is 0 Å². The van der Waals surface area contributed by atoms with E-state index < -0.39 is 23.5 Å². The molecule has 1 atom stereocenters. The van der Waals surface area contributed by atoms with Gasteiger partial charge in [-0.2, -0.15) is 13.2 Å². The van der Waals surface area contributed by atoms with Crippen LogP contribution >= 0.6 is 0 Å². The third kappa shape index (κ3) is 3.80. The summed E-state index contributed by atoms with van der Waals surface area (Å²) in [6, 6.07) is 10.4. The number of benzene rings is 1. The van der Waals surface area contributed by atoms with E-state index in [4.69, 9.17) is 0 Å². The highest BCUT2D eigenvalue weighted by atomic mass is 19.4. The average Bonchev–Trinajstić information content (AvgIpc) is 3.16. The van der Waals surface area contributed by atoms with Crippen molar-refractivity contribution in [2.75, 3.05) is 0 Å². The SMILES string of the molecule is O=C(C[C@@H](c1ccc(C(F)(F)F)cc1)c1ncccc1F)c1c[nH]c2ncccc12. The molecule has 0 unspecified atom stereocenters. The Morgan fingerprint density at radius 1 is 1.00 bits per heavy atom. The highest BCUT2D eigenvalue weighted by Gasteiger charge is 2.31. The van der Waals surface area contributed by atoms with E-state index in [0.29, 0.717) is 22.2 Å². The van der Waals surface area contributed by atoms with Crippen LogP contribution in [-0.2, 0) is 6.18 Å². The van der Waals surface area contributed by atoms with Gasteiger partial charge in [-0.3, -0.25) is 9.78 Å². The minimum Gasteiger partial charge on any atom is -0.345 e. The summed E-state index contributed by atoms with van der Waals surface area (Å²) in [5.41, 5.74) is 0.471. The van der Waals surface area contributed by atoms with Gasteiger partial charge in [-0.05, 0) is 42.0 Å². The molecule has 0 aliphatic heterocycles. The van der Waals surface area contributed by atoms with Crippen molar-refractivity contribution < 1.29 is 22.4 Å². The summed E-state index contributed by atoms with van der Waals surface area (Å²) >= 11 is 0. The Balaban J connectivity index is 1.73. The van der Waals surface area contributed by atoms with Gasteiger partial charge in [0.2, 0.25) is 0 Å². The molecule has 1 aromatic carbocycles. The normalized spacial score (nSPS) is 12.8.